The molecule has 0 radical (unpaired) electrons. The third-order valence-electron chi connectivity index (χ3n) is 5.63. The van der Waals surface area contributed by atoms with Crippen molar-refractivity contribution in [1.82, 2.24) is 9.97 Å². The van der Waals surface area contributed by atoms with E-state index in [0.29, 0.717) is 24.7 Å². The summed E-state index contributed by atoms with van der Waals surface area (Å²) in [5, 5.41) is 15.2. The minimum absolute atomic E-state index is 0.00114. The van der Waals surface area contributed by atoms with Gasteiger partial charge in [0.25, 0.3) is 0 Å². The molecule has 0 amide bonds. The summed E-state index contributed by atoms with van der Waals surface area (Å²) in [5.74, 6) is 0.776. The van der Waals surface area contributed by atoms with Gasteiger partial charge in [-0.2, -0.15) is 0 Å². The Morgan fingerprint density at radius 3 is 2.32 bits per heavy atom. The summed E-state index contributed by atoms with van der Waals surface area (Å²) in [5.41, 5.74) is 1.18. The van der Waals surface area contributed by atoms with Gasteiger partial charge in [0.2, 0.25) is 11.6 Å². The van der Waals surface area contributed by atoms with E-state index in [4.69, 9.17) is 0 Å². The van der Waals surface area contributed by atoms with Crippen LogP contribution in [0.5, 0.6) is 0 Å². The van der Waals surface area contributed by atoms with Gasteiger partial charge in [0.15, 0.2) is 0 Å². The van der Waals surface area contributed by atoms with Crippen molar-refractivity contribution >= 4 is 23.0 Å². The van der Waals surface area contributed by atoms with Crippen molar-refractivity contribution in [2.75, 3.05) is 41.3 Å². The van der Waals surface area contributed by atoms with Crippen molar-refractivity contribution in [3.05, 3.63) is 46.8 Å². The van der Waals surface area contributed by atoms with E-state index >= 15 is 0 Å². The van der Waals surface area contributed by atoms with Gasteiger partial charge in [-0.3, -0.25) is 10.1 Å². The number of benzene rings is 1. The number of nitro groups is 1. The second kappa shape index (κ2) is 8.41. The van der Waals surface area contributed by atoms with Crippen molar-refractivity contribution in [3.63, 3.8) is 0 Å². The number of aromatic nitrogens is 2. The van der Waals surface area contributed by atoms with Crippen molar-refractivity contribution in [1.29, 1.82) is 0 Å². The zero-order valence-electron chi connectivity index (χ0n) is 16.0. The highest BCUT2D eigenvalue weighted by atomic mass is 16.6. The molecule has 1 aliphatic heterocycles. The lowest BCUT2D eigenvalue weighted by Gasteiger charge is -2.36. The SMILES string of the molecule is O=[N+]([O-])c1c(NC2CCCCC2)ncnc1N1CCN(c2ccccc2)CC1. The van der Waals surface area contributed by atoms with Crippen LogP contribution in [-0.4, -0.2) is 47.1 Å². The standard InChI is InChI=1S/C20H26N6O2/c27-26(28)18-19(23-16-7-3-1-4-8-16)21-15-22-20(18)25-13-11-24(12-14-25)17-9-5-2-6-10-17/h2,5-6,9-10,15-16H,1,3-4,7-8,11-14H2,(H,21,22,23). The number of rotatable bonds is 5. The fourth-order valence-electron chi connectivity index (χ4n) is 4.13. The van der Waals surface area contributed by atoms with Gasteiger partial charge in [0.05, 0.1) is 4.92 Å². The molecular weight excluding hydrogens is 356 g/mol. The second-order valence-electron chi connectivity index (χ2n) is 7.44. The zero-order chi connectivity index (χ0) is 19.3. The molecular formula is C20H26N6O2. The van der Waals surface area contributed by atoms with Crippen LogP contribution in [0.1, 0.15) is 32.1 Å². The number of hydrogen-bond donors (Lipinski definition) is 1. The molecule has 1 aliphatic carbocycles. The molecule has 2 aliphatic rings. The lowest BCUT2D eigenvalue weighted by molar-refractivity contribution is -0.383. The Bertz CT molecular complexity index is 802. The number of nitrogens with one attached hydrogen (secondary N) is 1. The number of hydrogen-bond acceptors (Lipinski definition) is 7. The highest BCUT2D eigenvalue weighted by Crippen LogP contribution is 2.34. The maximum absolute atomic E-state index is 11.9. The molecule has 28 heavy (non-hydrogen) atoms. The topological polar surface area (TPSA) is 87.4 Å². The van der Waals surface area contributed by atoms with Crippen molar-refractivity contribution in [2.24, 2.45) is 0 Å². The van der Waals surface area contributed by atoms with Crippen LogP contribution in [-0.2, 0) is 0 Å². The molecule has 0 spiro atoms. The lowest BCUT2D eigenvalue weighted by atomic mass is 9.95. The van der Waals surface area contributed by atoms with Gasteiger partial charge < -0.3 is 15.1 Å². The fourth-order valence-corrected chi connectivity index (χ4v) is 4.13. The predicted octanol–water partition coefficient (Wildman–Crippen LogP) is 3.46. The Balaban J connectivity index is 1.51. The highest BCUT2D eigenvalue weighted by molar-refractivity contribution is 5.71. The van der Waals surface area contributed by atoms with Gasteiger partial charge in [0, 0.05) is 37.9 Å². The largest absolute Gasteiger partial charge is 0.368 e. The molecule has 148 valence electrons. The van der Waals surface area contributed by atoms with Crippen LogP contribution in [0.4, 0.5) is 23.0 Å². The van der Waals surface area contributed by atoms with Crippen LogP contribution in [0.25, 0.3) is 0 Å². The Morgan fingerprint density at radius 1 is 0.964 bits per heavy atom. The Hall–Kier alpha value is -2.90. The quantitative estimate of drug-likeness (QED) is 0.626. The lowest BCUT2D eigenvalue weighted by Crippen LogP contribution is -2.47. The van der Waals surface area contributed by atoms with Crippen LogP contribution >= 0.6 is 0 Å². The van der Waals surface area contributed by atoms with Gasteiger partial charge in [-0.05, 0) is 25.0 Å². The molecule has 0 atom stereocenters. The minimum atomic E-state index is -0.343. The van der Waals surface area contributed by atoms with E-state index in [1.807, 2.05) is 23.1 Å². The van der Waals surface area contributed by atoms with Gasteiger partial charge in [-0.15, -0.1) is 0 Å². The summed E-state index contributed by atoms with van der Waals surface area (Å²) >= 11 is 0. The molecule has 8 heteroatoms. The van der Waals surface area contributed by atoms with Crippen LogP contribution in [0.3, 0.4) is 0 Å². The molecule has 1 saturated heterocycles. The Kier molecular flexibility index (Phi) is 5.55. The van der Waals surface area contributed by atoms with E-state index in [9.17, 15) is 10.1 Å². The predicted molar refractivity (Wildman–Crippen MR) is 110 cm³/mol. The average molecular weight is 382 g/mol. The van der Waals surface area contributed by atoms with Crippen molar-refractivity contribution in [2.45, 2.75) is 38.1 Å². The van der Waals surface area contributed by atoms with Crippen LogP contribution in [0, 0.1) is 10.1 Å². The molecule has 0 bridgehead atoms. The maximum Gasteiger partial charge on any atom is 0.353 e. The number of nitrogens with zero attached hydrogens (tertiary/aromatic N) is 5. The molecule has 4 rings (SSSR count). The van der Waals surface area contributed by atoms with E-state index in [-0.39, 0.29) is 16.7 Å². The van der Waals surface area contributed by atoms with Gasteiger partial charge in [0.1, 0.15) is 6.33 Å². The van der Waals surface area contributed by atoms with Crippen molar-refractivity contribution < 1.29 is 4.92 Å². The maximum atomic E-state index is 11.9. The normalized spacial score (nSPS) is 18.1. The first-order valence-electron chi connectivity index (χ1n) is 10.0. The molecule has 1 N–H and O–H groups in total. The van der Waals surface area contributed by atoms with Crippen LogP contribution < -0.4 is 15.1 Å². The summed E-state index contributed by atoms with van der Waals surface area (Å²) in [7, 11) is 0. The summed E-state index contributed by atoms with van der Waals surface area (Å²) in [6.45, 7) is 2.98. The summed E-state index contributed by atoms with van der Waals surface area (Å²) in [4.78, 5) is 24.3. The molecule has 8 nitrogen and oxygen atoms in total. The molecule has 1 aromatic heterocycles. The highest BCUT2D eigenvalue weighted by Gasteiger charge is 2.30. The van der Waals surface area contributed by atoms with E-state index in [1.165, 1.54) is 18.4 Å². The molecule has 2 aromatic rings. The Labute approximate surface area is 164 Å². The summed E-state index contributed by atoms with van der Waals surface area (Å²) < 4.78 is 0. The first kappa shape index (κ1) is 18.5. The minimum Gasteiger partial charge on any atom is -0.368 e. The summed E-state index contributed by atoms with van der Waals surface area (Å²) in [6, 6.07) is 10.5. The molecule has 1 aromatic carbocycles. The van der Waals surface area contributed by atoms with E-state index < -0.39 is 0 Å². The molecule has 0 unspecified atom stereocenters. The Morgan fingerprint density at radius 2 is 1.64 bits per heavy atom. The fraction of sp³-hybridized carbons (Fsp3) is 0.500. The molecule has 2 heterocycles. The third kappa shape index (κ3) is 4.00. The number of piperazine rings is 1. The first-order chi connectivity index (χ1) is 13.7. The monoisotopic (exact) mass is 382 g/mol. The van der Waals surface area contributed by atoms with Gasteiger partial charge in [-0.25, -0.2) is 9.97 Å². The van der Waals surface area contributed by atoms with E-state index in [1.54, 1.807) is 0 Å². The molecule has 2 fully saturated rings. The average Bonchev–Trinajstić information content (AvgIpc) is 2.75. The van der Waals surface area contributed by atoms with E-state index in [2.05, 4.69) is 32.3 Å². The van der Waals surface area contributed by atoms with Crippen molar-refractivity contribution in [3.8, 4) is 0 Å². The zero-order valence-corrected chi connectivity index (χ0v) is 16.0. The number of para-hydroxylation sites is 1. The van der Waals surface area contributed by atoms with E-state index in [0.717, 1.165) is 38.8 Å². The van der Waals surface area contributed by atoms with Gasteiger partial charge >= 0.3 is 5.69 Å². The first-order valence-corrected chi connectivity index (χ1v) is 10.0. The third-order valence-corrected chi connectivity index (χ3v) is 5.63. The van der Waals surface area contributed by atoms with Crippen LogP contribution in [0.15, 0.2) is 36.7 Å². The second-order valence-corrected chi connectivity index (χ2v) is 7.44. The van der Waals surface area contributed by atoms with Crippen LogP contribution in [0.2, 0.25) is 0 Å². The van der Waals surface area contributed by atoms with Gasteiger partial charge in [-0.1, -0.05) is 37.5 Å². The molecule has 1 saturated carbocycles. The summed E-state index contributed by atoms with van der Waals surface area (Å²) in [6.07, 6.45) is 7.06. The number of anilines is 3. The smallest absolute Gasteiger partial charge is 0.353 e.